The maximum absolute atomic E-state index is 12.1. The molecule has 0 aromatic rings. The number of likely N-dealkylation sites (tertiary alicyclic amines) is 1. The van der Waals surface area contributed by atoms with Gasteiger partial charge in [0.25, 0.3) is 0 Å². The number of aliphatic imine (C=N–C) groups is 1. The number of primary amides is 1. The number of halogens is 4. The molecule has 3 N–H and O–H groups in total. The van der Waals surface area contributed by atoms with Crippen molar-refractivity contribution in [3.8, 4) is 0 Å². The van der Waals surface area contributed by atoms with Crippen LogP contribution >= 0.6 is 24.0 Å². The molecule has 1 amide bonds. The lowest BCUT2D eigenvalue weighted by Gasteiger charge is -2.34. The highest BCUT2D eigenvalue weighted by molar-refractivity contribution is 14.0. The minimum atomic E-state index is -4.18. The van der Waals surface area contributed by atoms with Gasteiger partial charge in [0.1, 0.15) is 0 Å². The highest BCUT2D eigenvalue weighted by Crippen LogP contribution is 2.20. The lowest BCUT2D eigenvalue weighted by molar-refractivity contribution is -0.133. The van der Waals surface area contributed by atoms with Gasteiger partial charge in [-0.1, -0.05) is 0 Å². The fourth-order valence-corrected chi connectivity index (χ4v) is 2.36. The highest BCUT2D eigenvalue weighted by atomic mass is 127. The summed E-state index contributed by atoms with van der Waals surface area (Å²) in [4.78, 5) is 16.8. The van der Waals surface area contributed by atoms with Gasteiger partial charge >= 0.3 is 6.18 Å². The zero-order chi connectivity index (χ0) is 15.2. The average molecular weight is 422 g/mol. The summed E-state index contributed by atoms with van der Waals surface area (Å²) in [5.74, 6) is 0.239. The Morgan fingerprint density at radius 1 is 1.48 bits per heavy atom. The minimum absolute atomic E-state index is 0. The lowest BCUT2D eigenvalue weighted by atomic mass is 9.95. The molecule has 0 bridgehead atoms. The number of hydrogen-bond donors (Lipinski definition) is 2. The molecular weight excluding hydrogens is 400 g/mol. The molecular formula is C12H22F3IN4O. The fourth-order valence-electron chi connectivity index (χ4n) is 2.36. The van der Waals surface area contributed by atoms with Gasteiger partial charge in [-0.3, -0.25) is 9.79 Å². The van der Waals surface area contributed by atoms with Crippen LogP contribution in [0.1, 0.15) is 25.7 Å². The number of alkyl halides is 3. The first-order valence-electron chi connectivity index (χ1n) is 6.62. The van der Waals surface area contributed by atoms with Crippen molar-refractivity contribution in [1.29, 1.82) is 0 Å². The first-order valence-corrected chi connectivity index (χ1v) is 6.62. The van der Waals surface area contributed by atoms with Crippen LogP contribution in [0.25, 0.3) is 0 Å². The Labute approximate surface area is 139 Å². The van der Waals surface area contributed by atoms with Gasteiger partial charge in [-0.05, 0) is 18.8 Å². The maximum Gasteiger partial charge on any atom is 0.390 e. The zero-order valence-electron chi connectivity index (χ0n) is 11.9. The van der Waals surface area contributed by atoms with Crippen LogP contribution in [-0.2, 0) is 4.79 Å². The Morgan fingerprint density at radius 3 is 2.67 bits per heavy atom. The Kier molecular flexibility index (Phi) is 8.98. The lowest BCUT2D eigenvalue weighted by Crippen LogP contribution is -2.47. The Balaban J connectivity index is 0.00000400. The van der Waals surface area contributed by atoms with Crippen LogP contribution < -0.4 is 11.1 Å². The number of rotatable bonds is 4. The largest absolute Gasteiger partial charge is 0.390 e. The second-order valence-corrected chi connectivity index (χ2v) is 4.96. The van der Waals surface area contributed by atoms with E-state index in [1.807, 2.05) is 4.90 Å². The van der Waals surface area contributed by atoms with Gasteiger partial charge in [-0.2, -0.15) is 13.2 Å². The molecule has 1 fully saturated rings. The van der Waals surface area contributed by atoms with E-state index in [1.165, 1.54) is 7.05 Å². The van der Waals surface area contributed by atoms with E-state index in [4.69, 9.17) is 5.73 Å². The van der Waals surface area contributed by atoms with Crippen molar-refractivity contribution < 1.29 is 18.0 Å². The van der Waals surface area contributed by atoms with Crippen LogP contribution in [0.2, 0.25) is 0 Å². The summed E-state index contributed by atoms with van der Waals surface area (Å²) >= 11 is 0. The van der Waals surface area contributed by atoms with Gasteiger partial charge in [0.05, 0.1) is 6.42 Å². The van der Waals surface area contributed by atoms with E-state index in [1.54, 1.807) is 0 Å². The van der Waals surface area contributed by atoms with E-state index in [9.17, 15) is 18.0 Å². The molecule has 0 aliphatic carbocycles. The number of nitrogens with zero attached hydrogens (tertiary/aromatic N) is 2. The summed E-state index contributed by atoms with van der Waals surface area (Å²) in [6.07, 6.45) is -3.00. The molecule has 1 aliphatic heterocycles. The van der Waals surface area contributed by atoms with E-state index >= 15 is 0 Å². The molecule has 9 heteroatoms. The van der Waals surface area contributed by atoms with E-state index in [2.05, 4.69) is 10.3 Å². The predicted octanol–water partition coefficient (Wildman–Crippen LogP) is 1.72. The normalized spacial score (nSPS) is 19.9. The number of carbonyl (C=O) groups excluding carboxylic acids is 1. The Hall–Kier alpha value is -0.740. The molecule has 0 aromatic carbocycles. The van der Waals surface area contributed by atoms with Gasteiger partial charge in [0, 0.05) is 33.1 Å². The molecule has 1 rings (SSSR count). The third-order valence-corrected chi connectivity index (χ3v) is 3.21. The summed E-state index contributed by atoms with van der Waals surface area (Å²) in [7, 11) is 1.54. The van der Waals surface area contributed by atoms with Gasteiger partial charge in [0.2, 0.25) is 5.91 Å². The van der Waals surface area contributed by atoms with Crippen LogP contribution in [0.4, 0.5) is 13.2 Å². The molecule has 0 spiro atoms. The number of guanidine groups is 1. The molecule has 1 atom stereocenters. The first-order chi connectivity index (χ1) is 9.31. The van der Waals surface area contributed by atoms with Gasteiger partial charge < -0.3 is 16.0 Å². The maximum atomic E-state index is 12.1. The van der Waals surface area contributed by atoms with Crippen molar-refractivity contribution in [1.82, 2.24) is 10.2 Å². The summed E-state index contributed by atoms with van der Waals surface area (Å²) in [6.45, 7) is 1.11. The Morgan fingerprint density at radius 2 is 2.14 bits per heavy atom. The predicted molar refractivity (Wildman–Crippen MR) is 85.6 cm³/mol. The average Bonchev–Trinajstić information content (AvgIpc) is 2.33. The topological polar surface area (TPSA) is 70.7 Å². The van der Waals surface area contributed by atoms with Crippen LogP contribution in [0.15, 0.2) is 4.99 Å². The number of amides is 1. The van der Waals surface area contributed by atoms with E-state index < -0.39 is 12.6 Å². The summed E-state index contributed by atoms with van der Waals surface area (Å²) in [5, 5.41) is 2.71. The fraction of sp³-hybridized carbons (Fsp3) is 0.833. The SMILES string of the molecule is CN=C(NCCC(F)(F)F)N1CCCC(CC(N)=O)C1.I. The highest BCUT2D eigenvalue weighted by Gasteiger charge is 2.27. The van der Waals surface area contributed by atoms with Crippen molar-refractivity contribution in [2.75, 3.05) is 26.7 Å². The minimum Gasteiger partial charge on any atom is -0.370 e. The van der Waals surface area contributed by atoms with Crippen molar-refractivity contribution in [3.05, 3.63) is 0 Å². The second kappa shape index (κ2) is 9.31. The van der Waals surface area contributed by atoms with Crippen LogP contribution in [0, 0.1) is 5.92 Å². The molecule has 1 unspecified atom stereocenters. The molecule has 124 valence electrons. The number of hydrogen-bond acceptors (Lipinski definition) is 2. The summed E-state index contributed by atoms with van der Waals surface area (Å²) in [6, 6.07) is 0. The Bertz CT molecular complexity index is 363. The quantitative estimate of drug-likeness (QED) is 0.412. The molecule has 5 nitrogen and oxygen atoms in total. The molecule has 0 aromatic heterocycles. The van der Waals surface area contributed by atoms with Crippen molar-refractivity contribution in [3.63, 3.8) is 0 Å². The number of nitrogens with one attached hydrogen (secondary N) is 1. The van der Waals surface area contributed by atoms with Crippen molar-refractivity contribution in [2.24, 2.45) is 16.6 Å². The zero-order valence-corrected chi connectivity index (χ0v) is 14.3. The third-order valence-electron chi connectivity index (χ3n) is 3.21. The molecule has 0 saturated carbocycles. The van der Waals surface area contributed by atoms with Gasteiger partial charge in [0.15, 0.2) is 5.96 Å². The molecule has 1 aliphatic rings. The van der Waals surface area contributed by atoms with Crippen molar-refractivity contribution in [2.45, 2.75) is 31.9 Å². The monoisotopic (exact) mass is 422 g/mol. The van der Waals surface area contributed by atoms with E-state index in [0.717, 1.165) is 19.4 Å². The van der Waals surface area contributed by atoms with Gasteiger partial charge in [-0.25, -0.2) is 0 Å². The molecule has 1 saturated heterocycles. The first kappa shape index (κ1) is 20.3. The number of nitrogens with two attached hydrogens (primary N) is 1. The second-order valence-electron chi connectivity index (χ2n) is 4.96. The summed E-state index contributed by atoms with van der Waals surface area (Å²) in [5.41, 5.74) is 5.18. The van der Waals surface area contributed by atoms with Crippen LogP contribution in [-0.4, -0.2) is 49.6 Å². The molecule has 21 heavy (non-hydrogen) atoms. The van der Waals surface area contributed by atoms with E-state index in [0.29, 0.717) is 18.9 Å². The standard InChI is InChI=1S/C12H21F3N4O.HI/c1-17-11(18-5-4-12(13,14)15)19-6-2-3-9(8-19)7-10(16)20;/h9H,2-8H2,1H3,(H2,16,20)(H,17,18);1H. The smallest absolute Gasteiger partial charge is 0.370 e. The number of piperidine rings is 1. The molecule has 1 heterocycles. The summed E-state index contributed by atoms with van der Waals surface area (Å²) < 4.78 is 36.3. The van der Waals surface area contributed by atoms with E-state index in [-0.39, 0.29) is 42.3 Å². The van der Waals surface area contributed by atoms with Crippen LogP contribution in [0.5, 0.6) is 0 Å². The van der Waals surface area contributed by atoms with Crippen LogP contribution in [0.3, 0.4) is 0 Å². The van der Waals surface area contributed by atoms with Crippen molar-refractivity contribution >= 4 is 35.8 Å². The third kappa shape index (κ3) is 8.32. The van der Waals surface area contributed by atoms with Gasteiger partial charge in [-0.15, -0.1) is 24.0 Å². The molecule has 0 radical (unpaired) electrons. The number of carbonyl (C=O) groups is 1.